The molecule has 0 aliphatic heterocycles. The summed E-state index contributed by atoms with van der Waals surface area (Å²) in [5, 5.41) is 0.257. The van der Waals surface area contributed by atoms with Gasteiger partial charge < -0.3 is 5.73 Å². The van der Waals surface area contributed by atoms with Crippen LogP contribution in [0, 0.1) is 0 Å². The Morgan fingerprint density at radius 3 is 2.30 bits per heavy atom. The third-order valence-corrected chi connectivity index (χ3v) is 5.11. The van der Waals surface area contributed by atoms with Crippen LogP contribution >= 0.6 is 12.2 Å². The lowest BCUT2D eigenvalue weighted by molar-refractivity contribution is 0.682. The molecule has 23 heavy (non-hydrogen) atoms. The molecule has 2 aliphatic rings. The molecule has 0 saturated heterocycles. The van der Waals surface area contributed by atoms with Crippen LogP contribution in [-0.4, -0.2) is 5.11 Å². The van der Waals surface area contributed by atoms with Gasteiger partial charge in [0.1, 0.15) is 0 Å². The number of fused-ring (bicyclic) bond motifs is 3. The standard InChI is InChI=1S/C19H21N3S/c20-19(23)22-21-18-7-3-6-14-10-15-8-12-4-1-2-5-13(12)9-16(15)11-17(14)18/h3,6-9,21H,1-2,4-5,10-11H2,(H3,20,22,23). The summed E-state index contributed by atoms with van der Waals surface area (Å²) in [4.78, 5) is 0. The number of nitrogens with two attached hydrogens (primary N) is 1. The molecule has 2 aromatic rings. The van der Waals surface area contributed by atoms with E-state index in [4.69, 9.17) is 18.0 Å². The Kier molecular flexibility index (Phi) is 3.69. The smallest absolute Gasteiger partial charge is 0.182 e. The van der Waals surface area contributed by atoms with Gasteiger partial charge in [-0.05, 0) is 83.8 Å². The van der Waals surface area contributed by atoms with E-state index in [0.717, 1.165) is 18.5 Å². The minimum absolute atomic E-state index is 0.257. The van der Waals surface area contributed by atoms with Gasteiger partial charge >= 0.3 is 0 Å². The van der Waals surface area contributed by atoms with Crippen molar-refractivity contribution in [3.05, 3.63) is 63.7 Å². The van der Waals surface area contributed by atoms with Crippen molar-refractivity contribution in [2.75, 3.05) is 5.43 Å². The average Bonchev–Trinajstić information content (AvgIpc) is 2.56. The number of benzene rings is 2. The quantitative estimate of drug-likeness (QED) is 0.501. The monoisotopic (exact) mass is 323 g/mol. The van der Waals surface area contributed by atoms with E-state index in [0.29, 0.717) is 0 Å². The second-order valence-corrected chi connectivity index (χ2v) is 6.95. The normalized spacial score (nSPS) is 15.1. The fraction of sp³-hybridized carbons (Fsp3) is 0.316. The minimum Gasteiger partial charge on any atom is -0.375 e. The second-order valence-electron chi connectivity index (χ2n) is 6.51. The molecule has 0 spiro atoms. The molecule has 0 bridgehead atoms. The van der Waals surface area contributed by atoms with E-state index in [1.807, 2.05) is 0 Å². The SMILES string of the molecule is NC(=S)NNc1cccc2c1Cc1cc3c(cc1C2)CCCC3. The number of hydrogen-bond donors (Lipinski definition) is 3. The number of aryl methyl sites for hydroxylation is 2. The molecule has 4 rings (SSSR count). The maximum Gasteiger partial charge on any atom is 0.182 e. The maximum atomic E-state index is 5.53. The molecule has 0 fully saturated rings. The van der Waals surface area contributed by atoms with Gasteiger partial charge in [0.05, 0.1) is 5.69 Å². The summed E-state index contributed by atoms with van der Waals surface area (Å²) in [6.45, 7) is 0. The van der Waals surface area contributed by atoms with E-state index >= 15 is 0 Å². The summed E-state index contributed by atoms with van der Waals surface area (Å²) >= 11 is 4.88. The molecule has 0 saturated carbocycles. The first-order valence-corrected chi connectivity index (χ1v) is 8.67. The molecule has 4 heteroatoms. The van der Waals surface area contributed by atoms with Crippen molar-refractivity contribution in [2.45, 2.75) is 38.5 Å². The summed E-state index contributed by atoms with van der Waals surface area (Å²) in [5.41, 5.74) is 21.4. The number of anilines is 1. The molecule has 0 amide bonds. The summed E-state index contributed by atoms with van der Waals surface area (Å²) in [5.74, 6) is 0. The predicted octanol–water partition coefficient (Wildman–Crippen LogP) is 3.22. The molecule has 0 unspecified atom stereocenters. The Morgan fingerprint density at radius 1 is 0.913 bits per heavy atom. The number of rotatable bonds is 2. The first-order chi connectivity index (χ1) is 11.2. The van der Waals surface area contributed by atoms with E-state index < -0.39 is 0 Å². The van der Waals surface area contributed by atoms with Gasteiger partial charge in [0.2, 0.25) is 0 Å². The third-order valence-electron chi connectivity index (χ3n) is 5.01. The topological polar surface area (TPSA) is 50.1 Å². The molecule has 3 nitrogen and oxygen atoms in total. The molecule has 0 heterocycles. The van der Waals surface area contributed by atoms with Crippen LogP contribution < -0.4 is 16.6 Å². The van der Waals surface area contributed by atoms with Gasteiger partial charge in [-0.2, -0.15) is 0 Å². The van der Waals surface area contributed by atoms with Crippen LogP contribution in [-0.2, 0) is 25.7 Å². The van der Waals surface area contributed by atoms with Crippen molar-refractivity contribution in [3.63, 3.8) is 0 Å². The zero-order chi connectivity index (χ0) is 15.8. The molecule has 0 radical (unpaired) electrons. The molecule has 118 valence electrons. The fourth-order valence-electron chi connectivity index (χ4n) is 3.87. The van der Waals surface area contributed by atoms with Gasteiger partial charge in [0.15, 0.2) is 5.11 Å². The summed E-state index contributed by atoms with van der Waals surface area (Å²) < 4.78 is 0. The summed E-state index contributed by atoms with van der Waals surface area (Å²) in [6, 6.07) is 11.3. The van der Waals surface area contributed by atoms with E-state index in [2.05, 4.69) is 41.2 Å². The Bertz CT molecular complexity index is 782. The van der Waals surface area contributed by atoms with Crippen LogP contribution in [0.15, 0.2) is 30.3 Å². The largest absolute Gasteiger partial charge is 0.375 e. The van der Waals surface area contributed by atoms with Gasteiger partial charge in [-0.25, -0.2) is 0 Å². The number of thiocarbonyl (C=S) groups is 1. The lowest BCUT2D eigenvalue weighted by Crippen LogP contribution is -2.34. The molecular formula is C19H21N3S. The van der Waals surface area contributed by atoms with Crippen LogP contribution in [0.25, 0.3) is 0 Å². The maximum absolute atomic E-state index is 5.53. The molecule has 2 aromatic carbocycles. The van der Waals surface area contributed by atoms with Crippen LogP contribution in [0.1, 0.15) is 46.2 Å². The molecular weight excluding hydrogens is 302 g/mol. The lowest BCUT2D eigenvalue weighted by atomic mass is 9.80. The van der Waals surface area contributed by atoms with E-state index in [9.17, 15) is 0 Å². The first kappa shape index (κ1) is 14.5. The Balaban J connectivity index is 1.69. The molecule has 0 aromatic heterocycles. The van der Waals surface area contributed by atoms with Crippen LogP contribution in [0.2, 0.25) is 0 Å². The zero-order valence-electron chi connectivity index (χ0n) is 13.1. The molecule has 2 aliphatic carbocycles. The van der Waals surface area contributed by atoms with Crippen LogP contribution in [0.4, 0.5) is 5.69 Å². The fourth-order valence-corrected chi connectivity index (χ4v) is 3.92. The second kappa shape index (κ2) is 5.85. The van der Waals surface area contributed by atoms with Crippen molar-refractivity contribution in [2.24, 2.45) is 5.73 Å². The van der Waals surface area contributed by atoms with Gasteiger partial charge in [0.25, 0.3) is 0 Å². The minimum atomic E-state index is 0.257. The summed E-state index contributed by atoms with van der Waals surface area (Å²) in [6.07, 6.45) is 7.13. The van der Waals surface area contributed by atoms with E-state index in [1.54, 1.807) is 11.1 Å². The van der Waals surface area contributed by atoms with E-state index in [-0.39, 0.29) is 5.11 Å². The zero-order valence-corrected chi connectivity index (χ0v) is 13.9. The highest BCUT2D eigenvalue weighted by atomic mass is 32.1. The third kappa shape index (κ3) is 2.79. The predicted molar refractivity (Wildman–Crippen MR) is 98.7 cm³/mol. The highest BCUT2D eigenvalue weighted by Crippen LogP contribution is 2.34. The summed E-state index contributed by atoms with van der Waals surface area (Å²) in [7, 11) is 0. The Morgan fingerprint density at radius 2 is 1.61 bits per heavy atom. The van der Waals surface area contributed by atoms with Gasteiger partial charge in [-0.15, -0.1) is 0 Å². The molecule has 0 atom stereocenters. The highest BCUT2D eigenvalue weighted by Gasteiger charge is 2.21. The van der Waals surface area contributed by atoms with Crippen molar-refractivity contribution >= 4 is 23.0 Å². The van der Waals surface area contributed by atoms with Gasteiger partial charge in [-0.1, -0.05) is 24.3 Å². The van der Waals surface area contributed by atoms with Crippen LogP contribution in [0.3, 0.4) is 0 Å². The number of nitrogens with one attached hydrogen (secondary N) is 2. The molecule has 4 N–H and O–H groups in total. The van der Waals surface area contributed by atoms with Crippen molar-refractivity contribution < 1.29 is 0 Å². The average molecular weight is 323 g/mol. The van der Waals surface area contributed by atoms with Crippen LogP contribution in [0.5, 0.6) is 0 Å². The Labute approximate surface area is 142 Å². The number of hydrazine groups is 1. The number of hydrogen-bond acceptors (Lipinski definition) is 2. The van der Waals surface area contributed by atoms with Gasteiger partial charge in [0, 0.05) is 6.42 Å². The van der Waals surface area contributed by atoms with Crippen molar-refractivity contribution in [1.29, 1.82) is 0 Å². The lowest BCUT2D eigenvalue weighted by Gasteiger charge is -2.26. The van der Waals surface area contributed by atoms with Crippen molar-refractivity contribution in [1.82, 2.24) is 5.43 Å². The van der Waals surface area contributed by atoms with Crippen molar-refractivity contribution in [3.8, 4) is 0 Å². The Hall–Kier alpha value is -2.07. The van der Waals surface area contributed by atoms with E-state index in [1.165, 1.54) is 47.9 Å². The highest BCUT2D eigenvalue weighted by molar-refractivity contribution is 7.80. The van der Waals surface area contributed by atoms with Gasteiger partial charge in [-0.3, -0.25) is 10.9 Å². The first-order valence-electron chi connectivity index (χ1n) is 8.26.